The Hall–Kier alpha value is -3.56. The van der Waals surface area contributed by atoms with Gasteiger partial charge in [0.15, 0.2) is 5.75 Å². The highest BCUT2D eigenvalue weighted by Gasteiger charge is 2.20. The Balaban J connectivity index is 1.39. The lowest BCUT2D eigenvalue weighted by Crippen LogP contribution is -2.28. The van der Waals surface area contributed by atoms with E-state index < -0.39 is 11.4 Å². The highest BCUT2D eigenvalue weighted by molar-refractivity contribution is 7.92. The zero-order valence-corrected chi connectivity index (χ0v) is 23.6. The van der Waals surface area contributed by atoms with Crippen LogP contribution in [0.4, 0.5) is 11.4 Å². The number of benzene rings is 4. The predicted molar refractivity (Wildman–Crippen MR) is 159 cm³/mol. The first kappa shape index (κ1) is 28.4. The monoisotopic (exact) mass is 583 g/mol. The van der Waals surface area contributed by atoms with Crippen molar-refractivity contribution in [3.05, 3.63) is 101 Å². The molecule has 0 aliphatic rings. The lowest BCUT2D eigenvalue weighted by atomic mass is 10.1. The second kappa shape index (κ2) is 13.5. The summed E-state index contributed by atoms with van der Waals surface area (Å²) >= 11 is 10.9. The Labute approximate surface area is 240 Å². The van der Waals surface area contributed by atoms with Crippen LogP contribution in [0.1, 0.15) is 10.4 Å². The molecule has 4 rings (SSSR count). The molecule has 1 atom stereocenters. The zero-order valence-electron chi connectivity index (χ0n) is 21.3. The van der Waals surface area contributed by atoms with E-state index in [9.17, 15) is 9.35 Å². The average Bonchev–Trinajstić information content (AvgIpc) is 2.96. The van der Waals surface area contributed by atoms with Crippen LogP contribution in [0.15, 0.2) is 89.8 Å². The maximum absolute atomic E-state index is 13.3. The topological polar surface area (TPSA) is 94.7 Å². The van der Waals surface area contributed by atoms with Gasteiger partial charge < -0.3 is 24.7 Å². The first-order valence-corrected chi connectivity index (χ1v) is 13.9. The molecule has 0 saturated carbocycles. The Morgan fingerprint density at radius 2 is 1.67 bits per heavy atom. The van der Waals surface area contributed by atoms with Crippen LogP contribution < -0.4 is 24.8 Å². The molecule has 0 radical (unpaired) electrons. The molecule has 0 fully saturated rings. The lowest BCUT2D eigenvalue weighted by Gasteiger charge is -2.16. The Morgan fingerprint density at radius 1 is 0.872 bits per heavy atom. The number of rotatable bonds is 11. The molecule has 0 aromatic heterocycles. The minimum absolute atomic E-state index is 0.184. The third kappa shape index (κ3) is 7.52. The fraction of sp³-hybridized carbons (Fsp3) is 0.138. The van der Waals surface area contributed by atoms with Crippen LogP contribution >= 0.6 is 23.2 Å². The number of carbonyl (C=O) groups is 1. The van der Waals surface area contributed by atoms with Crippen LogP contribution in [0.2, 0.25) is 10.0 Å². The predicted octanol–water partition coefficient (Wildman–Crippen LogP) is 6.65. The van der Waals surface area contributed by atoms with Crippen LogP contribution in [0, 0.1) is 0 Å². The van der Waals surface area contributed by atoms with E-state index >= 15 is 0 Å². The third-order valence-corrected chi connectivity index (χ3v) is 7.45. The van der Waals surface area contributed by atoms with Crippen LogP contribution in [-0.4, -0.2) is 37.8 Å². The summed E-state index contributed by atoms with van der Waals surface area (Å²) < 4.78 is 27.0. The lowest BCUT2D eigenvalue weighted by molar-refractivity contribution is 0.0955. The third-order valence-electron chi connectivity index (χ3n) is 5.75. The van der Waals surface area contributed by atoms with E-state index in [1.165, 1.54) is 7.11 Å². The minimum Gasteiger partial charge on any atom is -0.588 e. The van der Waals surface area contributed by atoms with Crippen LogP contribution in [-0.2, 0) is 11.4 Å². The number of anilines is 2. The molecule has 0 aliphatic heterocycles. The Bertz CT molecular complexity index is 1450. The molecule has 3 N–H and O–H groups in total. The van der Waals surface area contributed by atoms with Crippen molar-refractivity contribution in [2.75, 3.05) is 37.3 Å². The van der Waals surface area contributed by atoms with Crippen molar-refractivity contribution in [2.45, 2.75) is 4.90 Å². The second-order valence-corrected chi connectivity index (χ2v) is 10.4. The summed E-state index contributed by atoms with van der Waals surface area (Å²) in [5, 5.41) is 7.22. The number of hydrogen-bond donors (Lipinski definition) is 3. The summed E-state index contributed by atoms with van der Waals surface area (Å²) in [6.45, 7) is 0.911. The van der Waals surface area contributed by atoms with E-state index in [-0.39, 0.29) is 5.91 Å². The maximum Gasteiger partial charge on any atom is 0.251 e. The smallest absolute Gasteiger partial charge is 0.251 e. The van der Waals surface area contributed by atoms with Gasteiger partial charge in [0, 0.05) is 46.0 Å². The standard InChI is InChI=1S/C29H27Cl2N3O4S/c1-37-24-8-3-5-20(15-24)29(35)33-14-13-32-22-6-4-7-23(18-22)34-39(36)28-16-19(9-12-27(28)38-2)25-17-21(30)10-11-26(25)31/h3-12,15-18,32,34H,13-14H2,1-2H3,(H,33,35). The quantitative estimate of drug-likeness (QED) is 0.135. The number of carbonyl (C=O) groups excluding carboxylic acids is 1. The Morgan fingerprint density at radius 3 is 2.46 bits per heavy atom. The molecular weight excluding hydrogens is 557 g/mol. The molecule has 1 unspecified atom stereocenters. The van der Waals surface area contributed by atoms with Gasteiger partial charge in [-0.1, -0.05) is 41.4 Å². The normalized spacial score (nSPS) is 11.4. The van der Waals surface area contributed by atoms with Crippen molar-refractivity contribution >= 4 is 51.8 Å². The molecule has 1 amide bonds. The molecule has 202 valence electrons. The number of hydrogen-bond acceptors (Lipinski definition) is 6. The van der Waals surface area contributed by atoms with E-state index in [2.05, 4.69) is 15.4 Å². The molecule has 0 aliphatic carbocycles. The summed E-state index contributed by atoms with van der Waals surface area (Å²) in [7, 11) is 3.09. The molecule has 4 aromatic rings. The summed E-state index contributed by atoms with van der Waals surface area (Å²) in [6.07, 6.45) is 0. The number of methoxy groups -OCH3 is 2. The van der Waals surface area contributed by atoms with Gasteiger partial charge in [0.05, 0.1) is 19.9 Å². The molecule has 0 bridgehead atoms. The largest absolute Gasteiger partial charge is 0.588 e. The van der Waals surface area contributed by atoms with Crippen LogP contribution in [0.3, 0.4) is 0 Å². The summed E-state index contributed by atoms with van der Waals surface area (Å²) in [6, 6.07) is 24.9. The fourth-order valence-corrected chi connectivity index (χ4v) is 5.23. The van der Waals surface area contributed by atoms with Gasteiger partial charge in [0.25, 0.3) is 5.91 Å². The minimum atomic E-state index is -1.63. The van der Waals surface area contributed by atoms with Crippen LogP contribution in [0.5, 0.6) is 11.5 Å². The van der Waals surface area contributed by atoms with Crippen molar-refractivity contribution < 1.29 is 18.8 Å². The number of ether oxygens (including phenoxy) is 2. The summed E-state index contributed by atoms with van der Waals surface area (Å²) in [4.78, 5) is 12.8. The second-order valence-electron chi connectivity index (χ2n) is 8.36. The van der Waals surface area contributed by atoms with Gasteiger partial charge in [-0.15, -0.1) is 0 Å². The number of halogens is 2. The van der Waals surface area contributed by atoms with Crippen molar-refractivity contribution in [3.8, 4) is 22.6 Å². The number of amides is 1. The number of nitrogens with one attached hydrogen (secondary N) is 3. The van der Waals surface area contributed by atoms with Gasteiger partial charge in [-0.2, -0.15) is 0 Å². The van der Waals surface area contributed by atoms with Crippen molar-refractivity contribution in [3.63, 3.8) is 0 Å². The first-order chi connectivity index (χ1) is 18.9. The van der Waals surface area contributed by atoms with E-state index in [4.69, 9.17) is 32.7 Å². The highest BCUT2D eigenvalue weighted by atomic mass is 35.5. The van der Waals surface area contributed by atoms with E-state index in [0.29, 0.717) is 50.8 Å². The molecule has 7 nitrogen and oxygen atoms in total. The van der Waals surface area contributed by atoms with Gasteiger partial charge in [-0.05, 0) is 66.2 Å². The Kier molecular flexibility index (Phi) is 9.84. The first-order valence-electron chi connectivity index (χ1n) is 12.0. The molecule has 39 heavy (non-hydrogen) atoms. The van der Waals surface area contributed by atoms with Gasteiger partial charge >= 0.3 is 0 Å². The summed E-state index contributed by atoms with van der Waals surface area (Å²) in [5.74, 6) is 0.917. The van der Waals surface area contributed by atoms with Gasteiger partial charge in [0.1, 0.15) is 17.1 Å². The highest BCUT2D eigenvalue weighted by Crippen LogP contribution is 2.35. The van der Waals surface area contributed by atoms with Gasteiger partial charge in [-0.3, -0.25) is 4.79 Å². The van der Waals surface area contributed by atoms with Gasteiger partial charge in [0.2, 0.25) is 4.90 Å². The van der Waals surface area contributed by atoms with Crippen molar-refractivity contribution in [2.24, 2.45) is 0 Å². The molecule has 0 saturated heterocycles. The molecular formula is C29H27Cl2N3O4S. The SMILES string of the molecule is COc1cccc(C(=O)NCCNc2cccc(N[S+]([O-])c3cc(-c4cc(Cl)ccc4Cl)ccc3OC)c2)c1. The van der Waals surface area contributed by atoms with Crippen molar-refractivity contribution in [1.82, 2.24) is 5.32 Å². The summed E-state index contributed by atoms with van der Waals surface area (Å²) in [5.41, 5.74) is 3.47. The molecule has 0 spiro atoms. The molecule has 10 heteroatoms. The van der Waals surface area contributed by atoms with Gasteiger partial charge in [-0.25, -0.2) is 4.72 Å². The van der Waals surface area contributed by atoms with E-state index in [0.717, 1.165) is 16.8 Å². The average molecular weight is 585 g/mol. The molecule has 4 aromatic carbocycles. The van der Waals surface area contributed by atoms with E-state index in [1.807, 2.05) is 30.3 Å². The van der Waals surface area contributed by atoms with E-state index in [1.54, 1.807) is 61.7 Å². The maximum atomic E-state index is 13.3. The molecule has 0 heterocycles. The fourth-order valence-electron chi connectivity index (χ4n) is 3.81. The van der Waals surface area contributed by atoms with Crippen LogP contribution in [0.25, 0.3) is 11.1 Å². The van der Waals surface area contributed by atoms with Crippen molar-refractivity contribution in [1.29, 1.82) is 0 Å². The zero-order chi connectivity index (χ0) is 27.8.